The molecular weight excluding hydrogens is 406 g/mol. The van der Waals surface area contributed by atoms with E-state index < -0.39 is 0 Å². The zero-order valence-corrected chi connectivity index (χ0v) is 17.6. The number of hydrazine groups is 1. The first-order chi connectivity index (χ1) is 12.8. The number of halogens is 1. The molecule has 4 aliphatic carbocycles. The van der Waals surface area contributed by atoms with Crippen LogP contribution >= 0.6 is 15.9 Å². The van der Waals surface area contributed by atoms with Crippen molar-refractivity contribution in [2.24, 2.45) is 17.3 Å². The van der Waals surface area contributed by atoms with E-state index in [0.717, 1.165) is 30.5 Å². The number of carbonyl (C=O) groups is 2. The normalized spacial score (nSPS) is 33.6. The molecule has 2 amide bonds. The Morgan fingerprint density at radius 1 is 1.11 bits per heavy atom. The number of rotatable bonds is 4. The van der Waals surface area contributed by atoms with Gasteiger partial charge in [-0.25, -0.2) is 0 Å². The second-order valence-electron chi connectivity index (χ2n) is 9.07. The Morgan fingerprint density at radius 3 is 2.44 bits per heavy atom. The maximum atomic E-state index is 12.9. The fourth-order valence-electron chi connectivity index (χ4n) is 5.91. The standard InChI is InChI=1S/C21H28BrN3O2/c1-13-3-4-17(14(2)5-13)23-11-18(26)24-25-19(27)20-7-15-6-16(8-20)10-21(22,9-15)12-20/h3-5,15-16,23H,6-12H2,1-2H3,(H,24,26)(H,25,27). The number of carbonyl (C=O) groups excluding carboxylic acids is 2. The van der Waals surface area contributed by atoms with Gasteiger partial charge in [-0.3, -0.25) is 20.4 Å². The molecule has 6 heteroatoms. The number of hydrogen-bond acceptors (Lipinski definition) is 3. The van der Waals surface area contributed by atoms with Gasteiger partial charge in [0.1, 0.15) is 0 Å². The van der Waals surface area contributed by atoms with Gasteiger partial charge in [-0.2, -0.15) is 0 Å². The number of benzene rings is 1. The van der Waals surface area contributed by atoms with E-state index in [-0.39, 0.29) is 28.1 Å². The topological polar surface area (TPSA) is 70.2 Å². The Kier molecular flexibility index (Phi) is 4.73. The molecule has 4 bridgehead atoms. The van der Waals surface area contributed by atoms with Crippen LogP contribution in [0.2, 0.25) is 0 Å². The van der Waals surface area contributed by atoms with Gasteiger partial charge < -0.3 is 5.32 Å². The highest BCUT2D eigenvalue weighted by Crippen LogP contribution is 2.64. The molecule has 0 saturated heterocycles. The molecule has 5 rings (SSSR count). The first-order valence-corrected chi connectivity index (χ1v) is 10.7. The molecular formula is C21H28BrN3O2. The lowest BCUT2D eigenvalue weighted by molar-refractivity contribution is -0.146. The van der Waals surface area contributed by atoms with Crippen LogP contribution in [0.4, 0.5) is 5.69 Å². The van der Waals surface area contributed by atoms with E-state index in [1.54, 1.807) is 0 Å². The Morgan fingerprint density at radius 2 is 1.81 bits per heavy atom. The lowest BCUT2D eigenvalue weighted by Gasteiger charge is -2.59. The van der Waals surface area contributed by atoms with E-state index in [2.05, 4.69) is 38.2 Å². The molecule has 1 aromatic carbocycles. The summed E-state index contributed by atoms with van der Waals surface area (Å²) in [6.45, 7) is 4.18. The van der Waals surface area contributed by atoms with Crippen molar-refractivity contribution in [3.8, 4) is 0 Å². The molecule has 5 nitrogen and oxygen atoms in total. The average Bonchev–Trinajstić information content (AvgIpc) is 2.56. The van der Waals surface area contributed by atoms with Gasteiger partial charge in [0, 0.05) is 10.0 Å². The van der Waals surface area contributed by atoms with Crippen molar-refractivity contribution < 1.29 is 9.59 Å². The number of aryl methyl sites for hydroxylation is 2. The third-order valence-electron chi connectivity index (χ3n) is 6.61. The molecule has 27 heavy (non-hydrogen) atoms. The van der Waals surface area contributed by atoms with Crippen LogP contribution < -0.4 is 16.2 Å². The SMILES string of the molecule is Cc1ccc(NCC(=O)NNC(=O)C23CC4CC(CC(Br)(C4)C2)C3)c(C)c1. The van der Waals surface area contributed by atoms with Gasteiger partial charge in [-0.05, 0) is 75.8 Å². The van der Waals surface area contributed by atoms with E-state index in [0.29, 0.717) is 11.8 Å². The van der Waals surface area contributed by atoms with Gasteiger partial charge in [0.2, 0.25) is 5.91 Å². The van der Waals surface area contributed by atoms with Crippen LogP contribution in [-0.2, 0) is 9.59 Å². The minimum absolute atomic E-state index is 0.0136. The van der Waals surface area contributed by atoms with Gasteiger partial charge in [0.05, 0.1) is 12.0 Å². The minimum atomic E-state index is -0.318. The molecule has 0 radical (unpaired) electrons. The van der Waals surface area contributed by atoms with Crippen LogP contribution in [0.3, 0.4) is 0 Å². The van der Waals surface area contributed by atoms with Crippen molar-refractivity contribution in [3.63, 3.8) is 0 Å². The molecule has 146 valence electrons. The summed E-state index contributed by atoms with van der Waals surface area (Å²) in [5, 5.41) is 3.13. The fraction of sp³-hybridized carbons (Fsp3) is 0.619. The molecule has 4 fully saturated rings. The third kappa shape index (κ3) is 3.73. The van der Waals surface area contributed by atoms with Gasteiger partial charge in [-0.15, -0.1) is 0 Å². The number of amides is 2. The summed E-state index contributed by atoms with van der Waals surface area (Å²) in [6.07, 6.45) is 6.43. The van der Waals surface area contributed by atoms with Gasteiger partial charge in [0.25, 0.3) is 5.91 Å². The predicted octanol–water partition coefficient (Wildman–Crippen LogP) is 3.60. The Balaban J connectivity index is 1.31. The van der Waals surface area contributed by atoms with Crippen LogP contribution in [0.5, 0.6) is 0 Å². The molecule has 2 atom stereocenters. The van der Waals surface area contributed by atoms with Crippen LogP contribution in [0.25, 0.3) is 0 Å². The van der Waals surface area contributed by atoms with Crippen molar-refractivity contribution in [1.82, 2.24) is 10.9 Å². The van der Waals surface area contributed by atoms with Gasteiger partial charge in [0.15, 0.2) is 0 Å². The monoisotopic (exact) mass is 433 g/mol. The lowest BCUT2D eigenvalue weighted by atomic mass is 9.49. The maximum Gasteiger partial charge on any atom is 0.257 e. The second kappa shape index (κ2) is 6.80. The predicted molar refractivity (Wildman–Crippen MR) is 109 cm³/mol. The summed E-state index contributed by atoms with van der Waals surface area (Å²) in [5.74, 6) is 1.03. The van der Waals surface area contributed by atoms with E-state index in [9.17, 15) is 9.59 Å². The van der Waals surface area contributed by atoms with Crippen LogP contribution in [0, 0.1) is 31.1 Å². The van der Waals surface area contributed by atoms with E-state index in [1.807, 2.05) is 26.0 Å². The van der Waals surface area contributed by atoms with Crippen molar-refractivity contribution >= 4 is 33.4 Å². The van der Waals surface area contributed by atoms with Crippen LogP contribution in [0.1, 0.15) is 49.7 Å². The molecule has 4 saturated carbocycles. The Labute approximate surface area is 169 Å². The second-order valence-corrected chi connectivity index (χ2v) is 10.7. The first-order valence-electron chi connectivity index (χ1n) is 9.86. The van der Waals surface area contributed by atoms with Crippen LogP contribution in [0.15, 0.2) is 18.2 Å². The van der Waals surface area contributed by atoms with Crippen molar-refractivity contribution in [3.05, 3.63) is 29.3 Å². The quantitative estimate of drug-likeness (QED) is 0.501. The molecule has 0 aliphatic heterocycles. The zero-order chi connectivity index (χ0) is 19.2. The number of alkyl halides is 1. The summed E-state index contributed by atoms with van der Waals surface area (Å²) in [5.41, 5.74) is 8.23. The molecule has 1 aromatic rings. The van der Waals surface area contributed by atoms with E-state index in [1.165, 1.54) is 24.8 Å². The molecule has 0 aromatic heterocycles. The molecule has 0 heterocycles. The lowest BCUT2D eigenvalue weighted by Crippen LogP contribution is -2.60. The van der Waals surface area contributed by atoms with Crippen molar-refractivity contribution in [2.45, 2.75) is 56.7 Å². The summed E-state index contributed by atoms with van der Waals surface area (Å²) in [6, 6.07) is 6.06. The summed E-state index contributed by atoms with van der Waals surface area (Å²) >= 11 is 3.93. The average molecular weight is 434 g/mol. The third-order valence-corrected chi connectivity index (χ3v) is 7.54. The summed E-state index contributed by atoms with van der Waals surface area (Å²) < 4.78 is 0.128. The number of hydrogen-bond donors (Lipinski definition) is 3. The first kappa shape index (κ1) is 18.8. The molecule has 0 spiro atoms. The fourth-order valence-corrected chi connectivity index (χ4v) is 7.36. The maximum absolute atomic E-state index is 12.9. The molecule has 4 aliphatic rings. The van der Waals surface area contributed by atoms with Gasteiger partial charge >= 0.3 is 0 Å². The van der Waals surface area contributed by atoms with Crippen molar-refractivity contribution in [2.75, 3.05) is 11.9 Å². The van der Waals surface area contributed by atoms with E-state index >= 15 is 0 Å². The molecule has 3 N–H and O–H groups in total. The number of anilines is 1. The van der Waals surface area contributed by atoms with Gasteiger partial charge in [-0.1, -0.05) is 33.6 Å². The van der Waals surface area contributed by atoms with Crippen LogP contribution in [-0.4, -0.2) is 22.7 Å². The van der Waals surface area contributed by atoms with E-state index in [4.69, 9.17) is 0 Å². The Hall–Kier alpha value is -1.56. The van der Waals surface area contributed by atoms with Crippen molar-refractivity contribution in [1.29, 1.82) is 0 Å². The smallest absolute Gasteiger partial charge is 0.257 e. The highest BCUT2D eigenvalue weighted by molar-refractivity contribution is 9.10. The zero-order valence-electron chi connectivity index (χ0n) is 16.0. The molecule has 2 unspecified atom stereocenters. The highest BCUT2D eigenvalue weighted by atomic mass is 79.9. The summed E-state index contributed by atoms with van der Waals surface area (Å²) in [7, 11) is 0. The largest absolute Gasteiger partial charge is 0.376 e. The number of nitrogens with one attached hydrogen (secondary N) is 3. The summed E-state index contributed by atoms with van der Waals surface area (Å²) in [4.78, 5) is 25.1. The minimum Gasteiger partial charge on any atom is -0.376 e. The Bertz CT molecular complexity index is 765. The highest BCUT2D eigenvalue weighted by Gasteiger charge is 2.59.